The monoisotopic (exact) mass is 388 g/mol. The van der Waals surface area contributed by atoms with Gasteiger partial charge in [0.05, 0.1) is 25.3 Å². The van der Waals surface area contributed by atoms with Crippen LogP contribution in [0.5, 0.6) is 11.6 Å². The first kappa shape index (κ1) is 18.5. The van der Waals surface area contributed by atoms with E-state index in [1.54, 1.807) is 30.8 Å². The van der Waals surface area contributed by atoms with Gasteiger partial charge in [0.2, 0.25) is 5.88 Å². The third kappa shape index (κ3) is 3.27. The number of hydrogen-bond acceptors (Lipinski definition) is 5. The molecule has 7 nitrogen and oxygen atoms in total. The van der Waals surface area contributed by atoms with E-state index in [-0.39, 0.29) is 5.91 Å². The lowest BCUT2D eigenvalue weighted by atomic mass is 10.1. The number of nitrogens with zero attached hydrogens (tertiary/aromatic N) is 3. The number of benzene rings is 2. The van der Waals surface area contributed by atoms with Crippen LogP contribution < -0.4 is 14.8 Å². The van der Waals surface area contributed by atoms with Crippen molar-refractivity contribution in [2.24, 2.45) is 0 Å². The number of methoxy groups -OCH3 is 2. The number of carbonyl (C=O) groups excluding carboxylic acids is 1. The minimum atomic E-state index is -0.272. The minimum absolute atomic E-state index is 0.272. The summed E-state index contributed by atoms with van der Waals surface area (Å²) in [5.41, 5.74) is 3.26. The normalized spacial score (nSPS) is 10.7. The summed E-state index contributed by atoms with van der Waals surface area (Å²) < 4.78 is 12.7. The number of aromatic nitrogens is 3. The molecule has 1 amide bonds. The molecule has 0 aliphatic rings. The molecule has 0 atom stereocenters. The first-order chi connectivity index (χ1) is 14.1. The Morgan fingerprint density at radius 3 is 2.45 bits per heavy atom. The highest BCUT2D eigenvalue weighted by Crippen LogP contribution is 2.32. The van der Waals surface area contributed by atoms with E-state index in [0.29, 0.717) is 28.7 Å². The molecule has 0 saturated carbocycles. The van der Waals surface area contributed by atoms with E-state index in [1.165, 1.54) is 0 Å². The van der Waals surface area contributed by atoms with Crippen LogP contribution >= 0.6 is 0 Å². The molecule has 4 aromatic rings. The van der Waals surface area contributed by atoms with Crippen molar-refractivity contribution >= 4 is 17.2 Å². The lowest BCUT2D eigenvalue weighted by Gasteiger charge is -2.12. The van der Waals surface area contributed by atoms with E-state index in [0.717, 1.165) is 16.8 Å². The lowest BCUT2D eigenvalue weighted by Crippen LogP contribution is -2.14. The molecule has 0 unspecified atom stereocenters. The van der Waals surface area contributed by atoms with Crippen molar-refractivity contribution in [2.75, 3.05) is 19.5 Å². The Bertz CT molecular complexity index is 1200. The van der Waals surface area contributed by atoms with Gasteiger partial charge in [0.15, 0.2) is 11.5 Å². The molecule has 2 aromatic heterocycles. The van der Waals surface area contributed by atoms with Crippen molar-refractivity contribution in [1.29, 1.82) is 0 Å². The van der Waals surface area contributed by atoms with Crippen molar-refractivity contribution in [3.63, 3.8) is 0 Å². The fourth-order valence-electron chi connectivity index (χ4n) is 3.21. The third-order valence-corrected chi connectivity index (χ3v) is 4.71. The predicted molar refractivity (Wildman–Crippen MR) is 111 cm³/mol. The standard InChI is InChI=1S/C22H20N4O3/c1-14-8-4-6-10-17(14)23-22(27)16-12-13-19(29-3)26-20(24-25-21(16)26)15-9-5-7-11-18(15)28-2/h4-13H,1-3H3,(H,23,27). The highest BCUT2D eigenvalue weighted by atomic mass is 16.5. The number of carbonyl (C=O) groups is 1. The zero-order valence-corrected chi connectivity index (χ0v) is 16.3. The number of pyridine rings is 1. The van der Waals surface area contributed by atoms with Gasteiger partial charge in [-0.3, -0.25) is 4.79 Å². The molecule has 2 heterocycles. The van der Waals surface area contributed by atoms with E-state index >= 15 is 0 Å². The van der Waals surface area contributed by atoms with Crippen LogP contribution in [0.15, 0.2) is 60.7 Å². The summed E-state index contributed by atoms with van der Waals surface area (Å²) in [6.45, 7) is 1.94. The van der Waals surface area contributed by atoms with Gasteiger partial charge in [0.1, 0.15) is 5.75 Å². The van der Waals surface area contributed by atoms with Crippen LogP contribution in [0.3, 0.4) is 0 Å². The second-order valence-corrected chi connectivity index (χ2v) is 6.44. The number of nitrogens with one attached hydrogen (secondary N) is 1. The topological polar surface area (TPSA) is 77.8 Å². The summed E-state index contributed by atoms with van der Waals surface area (Å²) in [4.78, 5) is 13.0. The first-order valence-electron chi connectivity index (χ1n) is 9.06. The minimum Gasteiger partial charge on any atom is -0.496 e. The van der Waals surface area contributed by atoms with Gasteiger partial charge in [-0.15, -0.1) is 10.2 Å². The number of hydrogen-bond donors (Lipinski definition) is 1. The predicted octanol–water partition coefficient (Wildman–Crippen LogP) is 3.97. The molecule has 0 fully saturated rings. The number of anilines is 1. The molecule has 1 N–H and O–H groups in total. The maximum Gasteiger partial charge on any atom is 0.259 e. The largest absolute Gasteiger partial charge is 0.496 e. The Labute approximate surface area is 167 Å². The highest BCUT2D eigenvalue weighted by molar-refractivity contribution is 6.08. The van der Waals surface area contributed by atoms with Crippen molar-refractivity contribution in [3.8, 4) is 23.0 Å². The maximum absolute atomic E-state index is 13.0. The zero-order valence-electron chi connectivity index (χ0n) is 16.3. The molecule has 0 aliphatic carbocycles. The fourth-order valence-corrected chi connectivity index (χ4v) is 3.21. The van der Waals surface area contributed by atoms with E-state index in [2.05, 4.69) is 15.5 Å². The summed E-state index contributed by atoms with van der Waals surface area (Å²) >= 11 is 0. The maximum atomic E-state index is 13.0. The van der Waals surface area contributed by atoms with Crippen LogP contribution in [-0.2, 0) is 0 Å². The molecule has 7 heteroatoms. The summed E-state index contributed by atoms with van der Waals surface area (Å²) in [5.74, 6) is 1.42. The van der Waals surface area contributed by atoms with E-state index in [1.807, 2.05) is 55.5 Å². The van der Waals surface area contributed by atoms with Gasteiger partial charge in [0.25, 0.3) is 5.91 Å². The van der Waals surface area contributed by atoms with Crippen molar-refractivity contribution in [1.82, 2.24) is 14.6 Å². The summed E-state index contributed by atoms with van der Waals surface area (Å²) in [6, 6.07) is 18.5. The zero-order chi connectivity index (χ0) is 20.4. The molecule has 146 valence electrons. The number of ether oxygens (including phenoxy) is 2. The number of amides is 1. The van der Waals surface area contributed by atoms with Crippen LogP contribution in [-0.4, -0.2) is 34.7 Å². The van der Waals surface area contributed by atoms with Gasteiger partial charge in [-0.2, -0.15) is 0 Å². The first-order valence-corrected chi connectivity index (χ1v) is 9.06. The van der Waals surface area contributed by atoms with Crippen molar-refractivity contribution in [2.45, 2.75) is 6.92 Å². The molecule has 0 bridgehead atoms. The smallest absolute Gasteiger partial charge is 0.259 e. The Morgan fingerprint density at radius 2 is 1.69 bits per heavy atom. The Balaban J connectivity index is 1.85. The number of para-hydroxylation sites is 2. The van der Waals surface area contributed by atoms with Crippen LogP contribution in [0.4, 0.5) is 5.69 Å². The SMILES string of the molecule is COc1ccccc1-c1nnc2c(C(=O)Nc3ccccc3C)ccc(OC)n12. The fraction of sp³-hybridized carbons (Fsp3) is 0.136. The van der Waals surface area contributed by atoms with E-state index in [9.17, 15) is 4.79 Å². The van der Waals surface area contributed by atoms with Gasteiger partial charge in [-0.1, -0.05) is 30.3 Å². The second kappa shape index (κ2) is 7.63. The average molecular weight is 388 g/mol. The van der Waals surface area contributed by atoms with Crippen LogP contribution in [0.25, 0.3) is 17.0 Å². The number of aryl methyl sites for hydroxylation is 1. The summed E-state index contributed by atoms with van der Waals surface area (Å²) in [6.07, 6.45) is 0. The number of fused-ring (bicyclic) bond motifs is 1. The quantitative estimate of drug-likeness (QED) is 0.560. The molecule has 0 saturated heterocycles. The summed E-state index contributed by atoms with van der Waals surface area (Å²) in [5, 5.41) is 11.5. The third-order valence-electron chi connectivity index (χ3n) is 4.71. The number of rotatable bonds is 5. The second-order valence-electron chi connectivity index (χ2n) is 6.44. The summed E-state index contributed by atoms with van der Waals surface area (Å²) in [7, 11) is 3.16. The molecule has 4 rings (SSSR count). The molecule has 0 aliphatic heterocycles. The Kier molecular flexibility index (Phi) is 4.87. The highest BCUT2D eigenvalue weighted by Gasteiger charge is 2.21. The van der Waals surface area contributed by atoms with Gasteiger partial charge >= 0.3 is 0 Å². The lowest BCUT2D eigenvalue weighted by molar-refractivity contribution is 0.102. The molecule has 29 heavy (non-hydrogen) atoms. The van der Waals surface area contributed by atoms with Crippen LogP contribution in [0.1, 0.15) is 15.9 Å². The molecular weight excluding hydrogens is 368 g/mol. The molecule has 0 spiro atoms. The van der Waals surface area contributed by atoms with Gasteiger partial charge < -0.3 is 14.8 Å². The van der Waals surface area contributed by atoms with Crippen molar-refractivity contribution < 1.29 is 14.3 Å². The molecule has 2 aromatic carbocycles. The van der Waals surface area contributed by atoms with Gasteiger partial charge in [-0.05, 0) is 42.8 Å². The Hall–Kier alpha value is -3.87. The van der Waals surface area contributed by atoms with E-state index in [4.69, 9.17) is 9.47 Å². The molecule has 0 radical (unpaired) electrons. The van der Waals surface area contributed by atoms with Crippen molar-refractivity contribution in [3.05, 3.63) is 71.8 Å². The Morgan fingerprint density at radius 1 is 0.931 bits per heavy atom. The van der Waals surface area contributed by atoms with E-state index < -0.39 is 0 Å². The average Bonchev–Trinajstić information content (AvgIpc) is 3.19. The van der Waals surface area contributed by atoms with Crippen LogP contribution in [0, 0.1) is 6.92 Å². The molecular formula is C22H20N4O3. The van der Waals surface area contributed by atoms with Gasteiger partial charge in [0, 0.05) is 5.69 Å². The van der Waals surface area contributed by atoms with Gasteiger partial charge in [-0.25, -0.2) is 4.40 Å². The van der Waals surface area contributed by atoms with Crippen LogP contribution in [0.2, 0.25) is 0 Å².